The molecule has 2 heterocycles. The van der Waals surface area contributed by atoms with Crippen LogP contribution in [0.4, 0.5) is 5.13 Å². The van der Waals surface area contributed by atoms with Gasteiger partial charge >= 0.3 is 0 Å². The molecule has 0 radical (unpaired) electrons. The molecule has 2 aromatic carbocycles. The number of thioether (sulfide) groups is 1. The van der Waals surface area contributed by atoms with E-state index < -0.39 is 10.0 Å². The quantitative estimate of drug-likeness (QED) is 0.507. The molecule has 4 rings (SSSR count). The molecule has 0 aliphatic carbocycles. The fourth-order valence-corrected chi connectivity index (χ4v) is 6.12. The first-order chi connectivity index (χ1) is 15.4. The van der Waals surface area contributed by atoms with Crippen molar-refractivity contribution in [2.45, 2.75) is 36.0 Å². The number of carbonyl (C=O) groups is 1. The number of sulfonamides is 1. The van der Waals surface area contributed by atoms with Crippen molar-refractivity contribution in [2.75, 3.05) is 24.1 Å². The van der Waals surface area contributed by atoms with Crippen LogP contribution in [0, 0.1) is 6.92 Å². The van der Waals surface area contributed by atoms with Crippen LogP contribution < -0.4 is 4.72 Å². The van der Waals surface area contributed by atoms with Crippen LogP contribution in [0.3, 0.4) is 0 Å². The number of nitrogens with zero attached hydrogens (tertiary/aromatic N) is 3. The number of likely N-dealkylation sites (tertiary alicyclic amines) is 1. The minimum absolute atomic E-state index is 0.0303. The van der Waals surface area contributed by atoms with Crippen LogP contribution in [0.5, 0.6) is 0 Å². The number of piperidine rings is 1. The molecule has 0 saturated carbocycles. The van der Waals surface area contributed by atoms with E-state index in [9.17, 15) is 13.2 Å². The minimum atomic E-state index is -3.92. The number of nitrogens with one attached hydrogen (secondary N) is 1. The Morgan fingerprint density at radius 2 is 1.78 bits per heavy atom. The molecule has 1 aromatic heterocycles. The standard InChI is InChI=1S/C22H24N4O3S3/c1-15-6-8-16(9-7-15)20-23-24-22(31-20)25-32(28,29)17-10-11-19(30-2)18(14-17)21(27)26-12-4-3-5-13-26/h6-11,14H,3-5,12-13H2,1-2H3,(H,24,25). The monoisotopic (exact) mass is 488 g/mol. The van der Waals surface area contributed by atoms with E-state index in [0.29, 0.717) is 23.7 Å². The van der Waals surface area contributed by atoms with Gasteiger partial charge in [-0.1, -0.05) is 41.2 Å². The second kappa shape index (κ2) is 9.60. The zero-order chi connectivity index (χ0) is 22.7. The number of aromatic nitrogens is 2. The summed E-state index contributed by atoms with van der Waals surface area (Å²) in [7, 11) is -3.92. The van der Waals surface area contributed by atoms with Gasteiger partial charge in [0, 0.05) is 23.5 Å². The van der Waals surface area contributed by atoms with Gasteiger partial charge in [0.2, 0.25) is 5.13 Å². The molecule has 1 fully saturated rings. The smallest absolute Gasteiger partial charge is 0.263 e. The van der Waals surface area contributed by atoms with Crippen LogP contribution in [0.1, 0.15) is 35.2 Å². The summed E-state index contributed by atoms with van der Waals surface area (Å²) in [4.78, 5) is 15.7. The normalized spacial score (nSPS) is 14.4. The van der Waals surface area contributed by atoms with Crippen molar-refractivity contribution >= 4 is 44.2 Å². The molecule has 1 N–H and O–H groups in total. The Morgan fingerprint density at radius 3 is 2.47 bits per heavy atom. The molecule has 1 aliphatic heterocycles. The highest BCUT2D eigenvalue weighted by Crippen LogP contribution is 2.30. The highest BCUT2D eigenvalue weighted by Gasteiger charge is 2.24. The zero-order valence-corrected chi connectivity index (χ0v) is 20.3. The maximum absolute atomic E-state index is 13.1. The summed E-state index contributed by atoms with van der Waals surface area (Å²) >= 11 is 2.59. The molecule has 0 bridgehead atoms. The van der Waals surface area contributed by atoms with Gasteiger partial charge in [0.1, 0.15) is 5.01 Å². The number of hydrogen-bond acceptors (Lipinski definition) is 7. The molecule has 0 spiro atoms. The van der Waals surface area contributed by atoms with Crippen LogP contribution in [0.2, 0.25) is 0 Å². The highest BCUT2D eigenvalue weighted by atomic mass is 32.2. The Labute approximate surface area is 196 Å². The number of anilines is 1. The highest BCUT2D eigenvalue weighted by molar-refractivity contribution is 7.98. The van der Waals surface area contributed by atoms with Gasteiger partial charge in [-0.25, -0.2) is 8.42 Å². The molecule has 3 aromatic rings. The maximum atomic E-state index is 13.1. The molecule has 0 unspecified atom stereocenters. The number of carbonyl (C=O) groups excluding carboxylic acids is 1. The number of aryl methyl sites for hydroxylation is 1. The Morgan fingerprint density at radius 1 is 1.06 bits per heavy atom. The molecular weight excluding hydrogens is 464 g/mol. The van der Waals surface area contributed by atoms with E-state index in [4.69, 9.17) is 0 Å². The molecule has 1 aliphatic rings. The summed E-state index contributed by atoms with van der Waals surface area (Å²) in [5.41, 5.74) is 2.42. The van der Waals surface area contributed by atoms with E-state index in [-0.39, 0.29) is 15.9 Å². The topological polar surface area (TPSA) is 92.3 Å². The average Bonchev–Trinajstić information content (AvgIpc) is 3.27. The predicted molar refractivity (Wildman–Crippen MR) is 129 cm³/mol. The number of benzene rings is 2. The second-order valence-electron chi connectivity index (χ2n) is 7.60. The Balaban J connectivity index is 1.58. The van der Waals surface area contributed by atoms with E-state index in [1.165, 1.54) is 23.9 Å². The van der Waals surface area contributed by atoms with E-state index in [2.05, 4.69) is 14.9 Å². The summed E-state index contributed by atoms with van der Waals surface area (Å²) in [6.07, 6.45) is 4.94. The Kier molecular flexibility index (Phi) is 6.82. The minimum Gasteiger partial charge on any atom is -0.339 e. The Hall–Kier alpha value is -2.43. The van der Waals surface area contributed by atoms with Crippen LogP contribution in [0.15, 0.2) is 52.3 Å². The molecule has 10 heteroatoms. The molecule has 7 nitrogen and oxygen atoms in total. The SMILES string of the molecule is CSc1ccc(S(=O)(=O)Nc2nnc(-c3ccc(C)cc3)s2)cc1C(=O)N1CCCCC1. The second-order valence-corrected chi connectivity index (χ2v) is 11.1. The summed E-state index contributed by atoms with van der Waals surface area (Å²) in [6, 6.07) is 12.5. The lowest BCUT2D eigenvalue weighted by atomic mass is 10.1. The van der Waals surface area contributed by atoms with E-state index in [1.54, 1.807) is 11.0 Å². The summed E-state index contributed by atoms with van der Waals surface area (Å²) in [5.74, 6) is -0.122. The third-order valence-electron chi connectivity index (χ3n) is 5.30. The van der Waals surface area contributed by atoms with Gasteiger partial charge < -0.3 is 4.90 Å². The van der Waals surface area contributed by atoms with Crippen molar-refractivity contribution in [1.29, 1.82) is 0 Å². The third-order valence-corrected chi connectivity index (χ3v) is 8.45. The van der Waals surface area contributed by atoms with Crippen molar-refractivity contribution in [1.82, 2.24) is 15.1 Å². The first-order valence-electron chi connectivity index (χ1n) is 10.3. The van der Waals surface area contributed by atoms with Gasteiger partial charge in [-0.3, -0.25) is 9.52 Å². The van der Waals surface area contributed by atoms with Gasteiger partial charge in [-0.05, 0) is 50.6 Å². The van der Waals surface area contributed by atoms with Gasteiger partial charge in [0.15, 0.2) is 0 Å². The van der Waals surface area contributed by atoms with E-state index in [0.717, 1.165) is 46.6 Å². The fourth-order valence-electron chi connectivity index (χ4n) is 3.54. The van der Waals surface area contributed by atoms with E-state index >= 15 is 0 Å². The summed E-state index contributed by atoms with van der Waals surface area (Å²) < 4.78 is 28.6. The largest absolute Gasteiger partial charge is 0.339 e. The van der Waals surface area contributed by atoms with Crippen LogP contribution in [0.25, 0.3) is 10.6 Å². The maximum Gasteiger partial charge on any atom is 0.263 e. The zero-order valence-electron chi connectivity index (χ0n) is 17.9. The molecule has 168 valence electrons. The van der Waals surface area contributed by atoms with Crippen molar-refractivity contribution in [3.63, 3.8) is 0 Å². The lowest BCUT2D eigenvalue weighted by Gasteiger charge is -2.27. The lowest BCUT2D eigenvalue weighted by Crippen LogP contribution is -2.36. The first-order valence-corrected chi connectivity index (χ1v) is 13.8. The Bertz CT molecular complexity index is 1220. The predicted octanol–water partition coefficient (Wildman–Crippen LogP) is 4.66. The van der Waals surface area contributed by atoms with Crippen molar-refractivity contribution < 1.29 is 13.2 Å². The molecular formula is C22H24N4O3S3. The van der Waals surface area contributed by atoms with Crippen molar-refractivity contribution in [3.05, 3.63) is 53.6 Å². The van der Waals surface area contributed by atoms with Gasteiger partial charge in [-0.15, -0.1) is 22.0 Å². The van der Waals surface area contributed by atoms with Crippen LogP contribution >= 0.6 is 23.1 Å². The lowest BCUT2D eigenvalue weighted by molar-refractivity contribution is 0.0720. The first kappa shape index (κ1) is 22.8. The van der Waals surface area contributed by atoms with Gasteiger partial charge in [-0.2, -0.15) is 0 Å². The molecule has 1 amide bonds. The average molecular weight is 489 g/mol. The summed E-state index contributed by atoms with van der Waals surface area (Å²) in [6.45, 7) is 3.40. The number of amides is 1. The number of hydrogen-bond donors (Lipinski definition) is 1. The van der Waals surface area contributed by atoms with Crippen molar-refractivity contribution in [2.24, 2.45) is 0 Å². The third kappa shape index (κ3) is 4.97. The molecule has 0 atom stereocenters. The number of rotatable bonds is 6. The van der Waals surface area contributed by atoms with Crippen molar-refractivity contribution in [3.8, 4) is 10.6 Å². The molecule has 32 heavy (non-hydrogen) atoms. The van der Waals surface area contributed by atoms with E-state index in [1.807, 2.05) is 37.4 Å². The van der Waals surface area contributed by atoms with Gasteiger partial charge in [0.05, 0.1) is 10.5 Å². The molecule has 1 saturated heterocycles. The van der Waals surface area contributed by atoms with Gasteiger partial charge in [0.25, 0.3) is 15.9 Å². The van der Waals surface area contributed by atoms with Crippen LogP contribution in [-0.4, -0.2) is 48.8 Å². The summed E-state index contributed by atoms with van der Waals surface area (Å²) in [5, 5.41) is 8.90. The van der Waals surface area contributed by atoms with Crippen LogP contribution in [-0.2, 0) is 10.0 Å². The fraction of sp³-hybridized carbons (Fsp3) is 0.318.